The van der Waals surface area contributed by atoms with Gasteiger partial charge in [0, 0.05) is 37.3 Å². The number of nitrogens with one attached hydrogen (secondary N) is 1. The molecule has 6 nitrogen and oxygen atoms in total. The molecule has 1 heterocycles. The highest BCUT2D eigenvalue weighted by Gasteiger charge is 2.39. The van der Waals surface area contributed by atoms with Crippen molar-refractivity contribution < 1.29 is 27.5 Å². The molecular formula is C20H26F3N3O3. The molecule has 1 aromatic rings. The highest BCUT2D eigenvalue weighted by Crippen LogP contribution is 2.39. The Morgan fingerprint density at radius 1 is 1.07 bits per heavy atom. The van der Waals surface area contributed by atoms with E-state index in [1.807, 2.05) is 16.7 Å². The second-order valence-corrected chi connectivity index (χ2v) is 7.96. The first-order valence-corrected chi connectivity index (χ1v) is 9.82. The van der Waals surface area contributed by atoms with Gasteiger partial charge in [-0.25, -0.2) is 0 Å². The van der Waals surface area contributed by atoms with Gasteiger partial charge in [0.25, 0.3) is 0 Å². The normalized spacial score (nSPS) is 19.8. The maximum absolute atomic E-state index is 12.8. The summed E-state index contributed by atoms with van der Waals surface area (Å²) in [5.41, 5.74) is 0.161. The number of carbonyl (C=O) groups is 2. The average Bonchev–Trinajstić information content (AvgIpc) is 3.10. The summed E-state index contributed by atoms with van der Waals surface area (Å²) in [4.78, 5) is 28.9. The molecule has 3 rings (SSSR count). The lowest BCUT2D eigenvalue weighted by atomic mass is 9.87. The van der Waals surface area contributed by atoms with Crippen LogP contribution >= 0.6 is 0 Å². The molecule has 2 amide bonds. The summed E-state index contributed by atoms with van der Waals surface area (Å²) in [5, 5.41) is 2.67. The highest BCUT2D eigenvalue weighted by molar-refractivity contribution is 5.92. The zero-order valence-electron chi connectivity index (χ0n) is 16.4. The third-order valence-corrected chi connectivity index (χ3v) is 5.62. The molecule has 0 aromatic heterocycles. The van der Waals surface area contributed by atoms with E-state index in [0.717, 1.165) is 37.8 Å². The summed E-state index contributed by atoms with van der Waals surface area (Å²) >= 11 is 0. The lowest BCUT2D eigenvalue weighted by molar-refractivity contribution is -0.274. The number of benzene rings is 1. The molecule has 1 aromatic carbocycles. The minimum Gasteiger partial charge on any atom is -0.406 e. The predicted octanol–water partition coefficient (Wildman–Crippen LogP) is 3.25. The van der Waals surface area contributed by atoms with Crippen LogP contribution in [0, 0.1) is 5.41 Å². The third kappa shape index (κ3) is 5.85. The standard InChI is InChI=1S/C20H26F3N3O3/c1-19(8-2-3-9-19)18(28)26-12-10-25(11-13-26)14-17(27)24-15-4-6-16(7-5-15)29-20(21,22)23/h4-7H,2-3,8-14H2,1H3,(H,24,27). The van der Waals surface area contributed by atoms with Crippen LogP contribution in [0.25, 0.3) is 0 Å². The number of rotatable bonds is 5. The fourth-order valence-corrected chi connectivity index (χ4v) is 4.00. The fourth-order valence-electron chi connectivity index (χ4n) is 4.00. The molecule has 1 saturated carbocycles. The van der Waals surface area contributed by atoms with Crippen molar-refractivity contribution >= 4 is 17.5 Å². The predicted molar refractivity (Wildman–Crippen MR) is 101 cm³/mol. The van der Waals surface area contributed by atoms with E-state index in [1.54, 1.807) is 0 Å². The minimum absolute atomic E-state index is 0.167. The van der Waals surface area contributed by atoms with Gasteiger partial charge in [0.15, 0.2) is 0 Å². The van der Waals surface area contributed by atoms with Gasteiger partial charge in [-0.2, -0.15) is 0 Å². The van der Waals surface area contributed by atoms with Crippen LogP contribution in [0.2, 0.25) is 0 Å². The number of alkyl halides is 3. The van der Waals surface area contributed by atoms with Crippen LogP contribution in [-0.2, 0) is 9.59 Å². The van der Waals surface area contributed by atoms with Crippen molar-refractivity contribution in [1.29, 1.82) is 0 Å². The molecule has 0 bridgehead atoms. The zero-order chi connectivity index (χ0) is 21.1. The van der Waals surface area contributed by atoms with E-state index < -0.39 is 6.36 Å². The summed E-state index contributed by atoms with van der Waals surface area (Å²) in [7, 11) is 0. The molecule has 0 atom stereocenters. The number of hydrogen-bond donors (Lipinski definition) is 1. The second-order valence-electron chi connectivity index (χ2n) is 7.96. The average molecular weight is 413 g/mol. The Morgan fingerprint density at radius 2 is 1.66 bits per heavy atom. The van der Waals surface area contributed by atoms with Crippen LogP contribution in [0.3, 0.4) is 0 Å². The van der Waals surface area contributed by atoms with E-state index >= 15 is 0 Å². The Hall–Kier alpha value is -2.29. The molecule has 1 aliphatic carbocycles. The molecule has 1 saturated heterocycles. The third-order valence-electron chi connectivity index (χ3n) is 5.62. The zero-order valence-corrected chi connectivity index (χ0v) is 16.4. The maximum atomic E-state index is 12.8. The number of hydrogen-bond acceptors (Lipinski definition) is 4. The molecule has 9 heteroatoms. The van der Waals surface area contributed by atoms with Gasteiger partial charge in [0.2, 0.25) is 11.8 Å². The summed E-state index contributed by atoms with van der Waals surface area (Å²) < 4.78 is 40.3. The number of piperazine rings is 1. The molecule has 1 aliphatic heterocycles. The van der Waals surface area contributed by atoms with Crippen LogP contribution in [0.15, 0.2) is 24.3 Å². The van der Waals surface area contributed by atoms with Crippen molar-refractivity contribution in [1.82, 2.24) is 9.80 Å². The van der Waals surface area contributed by atoms with Gasteiger partial charge in [-0.15, -0.1) is 13.2 Å². The summed E-state index contributed by atoms with van der Waals surface area (Å²) in [6, 6.07) is 5.02. The molecule has 1 N–H and O–H groups in total. The van der Waals surface area contributed by atoms with Crippen molar-refractivity contribution in [2.75, 3.05) is 38.0 Å². The lowest BCUT2D eigenvalue weighted by Crippen LogP contribution is -2.53. The molecule has 29 heavy (non-hydrogen) atoms. The number of anilines is 1. The molecule has 0 spiro atoms. The van der Waals surface area contributed by atoms with Crippen molar-refractivity contribution in [3.05, 3.63) is 24.3 Å². The van der Waals surface area contributed by atoms with E-state index in [4.69, 9.17) is 0 Å². The largest absolute Gasteiger partial charge is 0.573 e. The molecule has 0 unspecified atom stereocenters. The van der Waals surface area contributed by atoms with Crippen molar-refractivity contribution in [3.63, 3.8) is 0 Å². The number of halogens is 3. The van der Waals surface area contributed by atoms with E-state index in [1.165, 1.54) is 12.1 Å². The Morgan fingerprint density at radius 3 is 2.21 bits per heavy atom. The van der Waals surface area contributed by atoms with Gasteiger partial charge < -0.3 is 15.0 Å². The summed E-state index contributed by atoms with van der Waals surface area (Å²) in [5.74, 6) is -0.371. The minimum atomic E-state index is -4.75. The van der Waals surface area contributed by atoms with Gasteiger partial charge in [0.1, 0.15) is 5.75 Å². The smallest absolute Gasteiger partial charge is 0.406 e. The van der Waals surface area contributed by atoms with Gasteiger partial charge in [-0.05, 0) is 37.1 Å². The van der Waals surface area contributed by atoms with Crippen LogP contribution < -0.4 is 10.1 Å². The molecular weight excluding hydrogens is 387 g/mol. The van der Waals surface area contributed by atoms with E-state index in [0.29, 0.717) is 31.9 Å². The number of amides is 2. The van der Waals surface area contributed by atoms with E-state index in [-0.39, 0.29) is 29.5 Å². The monoisotopic (exact) mass is 413 g/mol. The van der Waals surface area contributed by atoms with Crippen LogP contribution in [0.5, 0.6) is 5.75 Å². The van der Waals surface area contributed by atoms with E-state index in [9.17, 15) is 22.8 Å². The molecule has 0 radical (unpaired) electrons. The molecule has 160 valence electrons. The Kier molecular flexibility index (Phi) is 6.36. The van der Waals surface area contributed by atoms with Gasteiger partial charge in [-0.1, -0.05) is 19.8 Å². The highest BCUT2D eigenvalue weighted by atomic mass is 19.4. The fraction of sp³-hybridized carbons (Fsp3) is 0.600. The van der Waals surface area contributed by atoms with E-state index in [2.05, 4.69) is 10.1 Å². The van der Waals surface area contributed by atoms with Crippen molar-refractivity contribution in [3.8, 4) is 5.75 Å². The van der Waals surface area contributed by atoms with Gasteiger partial charge in [-0.3, -0.25) is 14.5 Å². The number of ether oxygens (including phenoxy) is 1. The lowest BCUT2D eigenvalue weighted by Gasteiger charge is -2.38. The first-order chi connectivity index (χ1) is 13.6. The van der Waals surface area contributed by atoms with Gasteiger partial charge in [0.05, 0.1) is 6.54 Å². The summed E-state index contributed by atoms with van der Waals surface area (Å²) in [6.07, 6.45) is -0.649. The van der Waals surface area contributed by atoms with Crippen molar-refractivity contribution in [2.24, 2.45) is 5.41 Å². The van der Waals surface area contributed by atoms with Crippen LogP contribution in [0.1, 0.15) is 32.6 Å². The first-order valence-electron chi connectivity index (χ1n) is 9.82. The topological polar surface area (TPSA) is 61.9 Å². The van der Waals surface area contributed by atoms with Crippen molar-refractivity contribution in [2.45, 2.75) is 39.0 Å². The first kappa shape index (κ1) is 21.4. The van der Waals surface area contributed by atoms with Crippen LogP contribution in [0.4, 0.5) is 18.9 Å². The molecule has 2 fully saturated rings. The number of carbonyl (C=O) groups excluding carboxylic acids is 2. The SMILES string of the molecule is CC1(C(=O)N2CCN(CC(=O)Nc3ccc(OC(F)(F)F)cc3)CC2)CCCC1. The van der Waals surface area contributed by atoms with Gasteiger partial charge >= 0.3 is 6.36 Å². The molecule has 2 aliphatic rings. The quantitative estimate of drug-likeness (QED) is 0.805. The second kappa shape index (κ2) is 8.61. The maximum Gasteiger partial charge on any atom is 0.573 e. The number of nitrogens with zero attached hydrogens (tertiary/aromatic N) is 2. The summed E-state index contributed by atoms with van der Waals surface area (Å²) in [6.45, 7) is 4.66. The Labute approximate surface area is 168 Å². The Bertz CT molecular complexity index is 723. The van der Waals surface area contributed by atoms with Crippen LogP contribution in [-0.4, -0.2) is 60.7 Å². The Balaban J connectivity index is 1.43.